The maximum absolute atomic E-state index is 12.6. The lowest BCUT2D eigenvalue weighted by atomic mass is 9.89. The molecule has 1 unspecified atom stereocenters. The third-order valence-corrected chi connectivity index (χ3v) is 4.42. The van der Waals surface area contributed by atoms with Crippen LogP contribution in [0.4, 0.5) is 4.79 Å². The molecule has 21 heavy (non-hydrogen) atoms. The monoisotopic (exact) mass is 298 g/mol. The maximum atomic E-state index is 12.6. The van der Waals surface area contributed by atoms with E-state index in [-0.39, 0.29) is 25.0 Å². The number of carbonyl (C=O) groups excluding carboxylic acids is 1. The fraction of sp³-hybridized carbons (Fsp3) is 0.875. The number of nitrogens with zero attached hydrogens (tertiary/aromatic N) is 2. The minimum atomic E-state index is -0.857. The van der Waals surface area contributed by atoms with E-state index in [4.69, 9.17) is 5.11 Å². The van der Waals surface area contributed by atoms with Crippen molar-refractivity contribution in [3.8, 4) is 0 Å². The molecular formula is C16H30N2O3. The van der Waals surface area contributed by atoms with Crippen molar-refractivity contribution in [3.05, 3.63) is 0 Å². The quantitative estimate of drug-likeness (QED) is 0.848. The summed E-state index contributed by atoms with van der Waals surface area (Å²) in [6.45, 7) is 10.2. The molecule has 0 spiro atoms. The lowest BCUT2D eigenvalue weighted by molar-refractivity contribution is -0.137. The Bertz CT molecular complexity index is 355. The molecule has 2 amide bonds. The standard InChI is InChI=1S/C16H30N2O3/c1-12(2)14-6-5-9-17(10-7-14)16(21)18(13(3)4)11-8-15(19)20/h12-14H,5-11H2,1-4H3,(H,19,20). The van der Waals surface area contributed by atoms with Crippen LogP contribution in [0, 0.1) is 11.8 Å². The Kier molecular flexibility index (Phi) is 6.99. The number of hydrogen-bond donors (Lipinski definition) is 1. The van der Waals surface area contributed by atoms with Crippen molar-refractivity contribution >= 4 is 12.0 Å². The van der Waals surface area contributed by atoms with Gasteiger partial charge in [0.15, 0.2) is 0 Å². The Balaban J connectivity index is 2.64. The van der Waals surface area contributed by atoms with Gasteiger partial charge in [0, 0.05) is 25.7 Å². The van der Waals surface area contributed by atoms with Crippen LogP contribution in [0.25, 0.3) is 0 Å². The Hall–Kier alpha value is -1.26. The van der Waals surface area contributed by atoms with Crippen molar-refractivity contribution in [2.24, 2.45) is 11.8 Å². The molecule has 0 aliphatic carbocycles. The second kappa shape index (κ2) is 8.25. The molecule has 1 aliphatic rings. The van der Waals surface area contributed by atoms with Crippen LogP contribution in [0.5, 0.6) is 0 Å². The van der Waals surface area contributed by atoms with Gasteiger partial charge in [0.25, 0.3) is 0 Å². The maximum Gasteiger partial charge on any atom is 0.320 e. The van der Waals surface area contributed by atoms with E-state index in [1.807, 2.05) is 18.7 Å². The first-order valence-electron chi connectivity index (χ1n) is 8.10. The fourth-order valence-corrected chi connectivity index (χ4v) is 2.95. The van der Waals surface area contributed by atoms with Crippen LogP contribution in [0.1, 0.15) is 53.4 Å². The van der Waals surface area contributed by atoms with Gasteiger partial charge in [-0.1, -0.05) is 13.8 Å². The molecule has 1 saturated heterocycles. The predicted molar refractivity (Wildman–Crippen MR) is 83.2 cm³/mol. The summed E-state index contributed by atoms with van der Waals surface area (Å²) in [5.41, 5.74) is 0. The third kappa shape index (κ3) is 5.56. The van der Waals surface area contributed by atoms with Crippen molar-refractivity contribution in [2.75, 3.05) is 19.6 Å². The highest BCUT2D eigenvalue weighted by Gasteiger charge is 2.27. The van der Waals surface area contributed by atoms with Crippen molar-refractivity contribution in [1.82, 2.24) is 9.80 Å². The molecule has 5 heteroatoms. The average molecular weight is 298 g/mol. The number of amides is 2. The number of carboxylic acids is 1. The highest BCUT2D eigenvalue weighted by atomic mass is 16.4. The SMILES string of the molecule is CC(C)C1CCCN(C(=O)N(CCC(=O)O)C(C)C)CC1. The van der Waals surface area contributed by atoms with Crippen LogP contribution in [0.2, 0.25) is 0 Å². The van der Waals surface area contributed by atoms with Gasteiger partial charge in [-0.2, -0.15) is 0 Å². The summed E-state index contributed by atoms with van der Waals surface area (Å²) in [4.78, 5) is 27.0. The van der Waals surface area contributed by atoms with E-state index >= 15 is 0 Å². The first kappa shape index (κ1) is 17.8. The minimum absolute atomic E-state index is 0.00402. The summed E-state index contributed by atoms with van der Waals surface area (Å²) in [6, 6.07) is 0.0247. The number of carbonyl (C=O) groups is 2. The van der Waals surface area contributed by atoms with Crippen LogP contribution >= 0.6 is 0 Å². The second-order valence-corrected chi connectivity index (χ2v) is 6.64. The lowest BCUT2D eigenvalue weighted by Gasteiger charge is -2.32. The summed E-state index contributed by atoms with van der Waals surface area (Å²) < 4.78 is 0. The second-order valence-electron chi connectivity index (χ2n) is 6.64. The summed E-state index contributed by atoms with van der Waals surface area (Å²) in [7, 11) is 0. The number of hydrogen-bond acceptors (Lipinski definition) is 2. The van der Waals surface area contributed by atoms with Gasteiger partial charge >= 0.3 is 12.0 Å². The number of carboxylic acid groups (broad SMARTS) is 1. The van der Waals surface area contributed by atoms with Gasteiger partial charge in [0.05, 0.1) is 6.42 Å². The van der Waals surface area contributed by atoms with Crippen molar-refractivity contribution < 1.29 is 14.7 Å². The molecule has 5 nitrogen and oxygen atoms in total. The largest absolute Gasteiger partial charge is 0.481 e. The van der Waals surface area contributed by atoms with Crippen LogP contribution in [-0.2, 0) is 4.79 Å². The Morgan fingerprint density at radius 3 is 2.38 bits per heavy atom. The summed E-state index contributed by atoms with van der Waals surface area (Å²) in [5.74, 6) is 0.492. The third-order valence-electron chi connectivity index (χ3n) is 4.42. The van der Waals surface area contributed by atoms with E-state index in [9.17, 15) is 9.59 Å². The molecule has 0 aromatic heterocycles. The Morgan fingerprint density at radius 1 is 1.19 bits per heavy atom. The first-order valence-corrected chi connectivity index (χ1v) is 8.10. The van der Waals surface area contributed by atoms with E-state index < -0.39 is 5.97 Å². The highest BCUT2D eigenvalue weighted by Crippen LogP contribution is 2.25. The molecule has 0 aromatic carbocycles. The van der Waals surface area contributed by atoms with Gasteiger partial charge < -0.3 is 14.9 Å². The van der Waals surface area contributed by atoms with E-state index in [2.05, 4.69) is 13.8 Å². The molecule has 1 rings (SSSR count). The smallest absolute Gasteiger partial charge is 0.320 e. The van der Waals surface area contributed by atoms with Crippen LogP contribution in [0.15, 0.2) is 0 Å². The van der Waals surface area contributed by atoms with Gasteiger partial charge in [-0.25, -0.2) is 4.79 Å². The topological polar surface area (TPSA) is 60.9 Å². The van der Waals surface area contributed by atoms with Crippen LogP contribution in [0.3, 0.4) is 0 Å². The number of urea groups is 1. The molecule has 1 aliphatic heterocycles. The summed E-state index contributed by atoms with van der Waals surface area (Å²) in [6.07, 6.45) is 3.28. The van der Waals surface area contributed by atoms with Gasteiger partial charge in [-0.05, 0) is 44.9 Å². The number of aliphatic carboxylic acids is 1. The van der Waals surface area contributed by atoms with E-state index in [0.29, 0.717) is 11.8 Å². The molecule has 0 radical (unpaired) electrons. The average Bonchev–Trinajstić information content (AvgIpc) is 2.63. The zero-order valence-corrected chi connectivity index (χ0v) is 13.8. The Morgan fingerprint density at radius 2 is 1.86 bits per heavy atom. The zero-order chi connectivity index (χ0) is 16.0. The molecule has 1 heterocycles. The highest BCUT2D eigenvalue weighted by molar-refractivity contribution is 5.75. The van der Waals surface area contributed by atoms with Crippen molar-refractivity contribution in [1.29, 1.82) is 0 Å². The normalized spacial score (nSPS) is 19.7. The lowest BCUT2D eigenvalue weighted by Crippen LogP contribution is -2.47. The number of likely N-dealkylation sites (tertiary alicyclic amines) is 1. The molecule has 1 fully saturated rings. The van der Waals surface area contributed by atoms with Crippen molar-refractivity contribution in [3.63, 3.8) is 0 Å². The van der Waals surface area contributed by atoms with E-state index in [0.717, 1.165) is 25.9 Å². The van der Waals surface area contributed by atoms with Gasteiger partial charge in [-0.3, -0.25) is 4.79 Å². The fourth-order valence-electron chi connectivity index (χ4n) is 2.95. The molecule has 0 bridgehead atoms. The molecular weight excluding hydrogens is 268 g/mol. The van der Waals surface area contributed by atoms with Gasteiger partial charge in [0.2, 0.25) is 0 Å². The molecule has 1 N–H and O–H groups in total. The zero-order valence-electron chi connectivity index (χ0n) is 13.8. The number of rotatable bonds is 5. The Labute approximate surface area is 128 Å². The molecule has 1 atom stereocenters. The van der Waals surface area contributed by atoms with Gasteiger partial charge in [0.1, 0.15) is 0 Å². The predicted octanol–water partition coefficient (Wildman–Crippen LogP) is 3.05. The van der Waals surface area contributed by atoms with Crippen LogP contribution in [-0.4, -0.2) is 52.6 Å². The summed E-state index contributed by atoms with van der Waals surface area (Å²) in [5, 5.41) is 8.83. The minimum Gasteiger partial charge on any atom is -0.481 e. The van der Waals surface area contributed by atoms with E-state index in [1.165, 1.54) is 6.42 Å². The van der Waals surface area contributed by atoms with Gasteiger partial charge in [-0.15, -0.1) is 0 Å². The molecule has 0 aromatic rings. The first-order chi connectivity index (χ1) is 9.82. The molecule has 122 valence electrons. The van der Waals surface area contributed by atoms with E-state index in [1.54, 1.807) is 4.90 Å². The van der Waals surface area contributed by atoms with Crippen LogP contribution < -0.4 is 0 Å². The summed E-state index contributed by atoms with van der Waals surface area (Å²) >= 11 is 0. The van der Waals surface area contributed by atoms with Crippen molar-refractivity contribution in [2.45, 2.75) is 59.4 Å². The molecule has 0 saturated carbocycles.